The van der Waals surface area contributed by atoms with Gasteiger partial charge in [0, 0.05) is 12.6 Å². The van der Waals surface area contributed by atoms with Crippen molar-refractivity contribution < 1.29 is 4.92 Å². The summed E-state index contributed by atoms with van der Waals surface area (Å²) in [5, 5.41) is 11.4. The number of rotatable bonds is 3. The number of hydrogen-bond donors (Lipinski definition) is 2. The summed E-state index contributed by atoms with van der Waals surface area (Å²) in [6, 6.07) is 0.353. The van der Waals surface area contributed by atoms with Gasteiger partial charge in [-0.1, -0.05) is 12.8 Å². The Kier molecular flexibility index (Phi) is 3.87. The van der Waals surface area contributed by atoms with Crippen molar-refractivity contribution in [3.8, 4) is 0 Å². The quantitative estimate of drug-likeness (QED) is 0.496. The van der Waals surface area contributed by atoms with Gasteiger partial charge in [-0.15, -0.1) is 0 Å². The van der Waals surface area contributed by atoms with Crippen LogP contribution in [-0.4, -0.2) is 27.5 Å². The number of fused-ring (bicyclic) bond motifs is 1. The van der Waals surface area contributed by atoms with Gasteiger partial charge < -0.3 is 10.3 Å². The van der Waals surface area contributed by atoms with Crippen molar-refractivity contribution in [3.05, 3.63) is 16.4 Å². The van der Waals surface area contributed by atoms with Crippen molar-refractivity contribution in [1.29, 1.82) is 0 Å². The molecule has 0 aromatic carbocycles. The summed E-state index contributed by atoms with van der Waals surface area (Å²) in [5.74, 6) is 6.45. The molecule has 0 radical (unpaired) electrons. The first-order valence-electron chi connectivity index (χ1n) is 7.45. The highest BCUT2D eigenvalue weighted by Crippen LogP contribution is 2.41. The second-order valence-electron chi connectivity index (χ2n) is 5.74. The molecule has 1 saturated heterocycles. The van der Waals surface area contributed by atoms with Crippen LogP contribution in [0, 0.1) is 16.0 Å². The summed E-state index contributed by atoms with van der Waals surface area (Å²) in [5.41, 5.74) is 2.19. The van der Waals surface area contributed by atoms with Gasteiger partial charge in [0.2, 0.25) is 11.6 Å². The summed E-state index contributed by atoms with van der Waals surface area (Å²) >= 11 is 0. The molecule has 21 heavy (non-hydrogen) atoms. The molecule has 2 heterocycles. The van der Waals surface area contributed by atoms with Gasteiger partial charge in [-0.3, -0.25) is 10.1 Å². The maximum Gasteiger partial charge on any atom is 0.354 e. The number of nitro groups is 1. The zero-order valence-corrected chi connectivity index (χ0v) is 11.9. The van der Waals surface area contributed by atoms with E-state index in [1.165, 1.54) is 32.0 Å². The molecule has 3 N–H and O–H groups in total. The predicted molar refractivity (Wildman–Crippen MR) is 78.8 cm³/mol. The van der Waals surface area contributed by atoms with Crippen LogP contribution in [0.5, 0.6) is 0 Å². The third-order valence-electron chi connectivity index (χ3n) is 4.64. The largest absolute Gasteiger partial charge is 0.354 e. The summed E-state index contributed by atoms with van der Waals surface area (Å²) in [6.45, 7) is 0.809. The molecular weight excluding hydrogens is 272 g/mol. The van der Waals surface area contributed by atoms with Gasteiger partial charge in [0.15, 0.2) is 0 Å². The SMILES string of the molecule is NNc1ncnc(N2CCCC3CCCCC32)c1[N+](=O)[O-]. The van der Waals surface area contributed by atoms with E-state index in [1.54, 1.807) is 0 Å². The number of nitrogen functional groups attached to an aromatic ring is 1. The van der Waals surface area contributed by atoms with E-state index >= 15 is 0 Å². The van der Waals surface area contributed by atoms with Gasteiger partial charge in [-0.25, -0.2) is 15.8 Å². The van der Waals surface area contributed by atoms with Crippen LogP contribution in [-0.2, 0) is 0 Å². The fraction of sp³-hybridized carbons (Fsp3) is 0.692. The van der Waals surface area contributed by atoms with Crippen molar-refractivity contribution in [2.24, 2.45) is 11.8 Å². The molecular formula is C13H20N6O2. The van der Waals surface area contributed by atoms with Crippen molar-refractivity contribution in [3.63, 3.8) is 0 Å². The van der Waals surface area contributed by atoms with Crippen LogP contribution in [0.25, 0.3) is 0 Å². The van der Waals surface area contributed by atoms with Gasteiger partial charge in [-0.05, 0) is 31.6 Å². The van der Waals surface area contributed by atoms with E-state index < -0.39 is 4.92 Å². The van der Waals surface area contributed by atoms with Gasteiger partial charge in [0.25, 0.3) is 0 Å². The highest BCUT2D eigenvalue weighted by molar-refractivity contribution is 5.70. The third kappa shape index (κ3) is 2.51. The molecule has 0 spiro atoms. The molecule has 2 aliphatic rings. The highest BCUT2D eigenvalue weighted by atomic mass is 16.6. The molecule has 1 aromatic heterocycles. The number of aromatic nitrogens is 2. The fourth-order valence-electron chi connectivity index (χ4n) is 3.74. The minimum atomic E-state index is -0.447. The third-order valence-corrected chi connectivity index (χ3v) is 4.64. The first-order valence-corrected chi connectivity index (χ1v) is 7.45. The van der Waals surface area contributed by atoms with E-state index in [4.69, 9.17) is 5.84 Å². The van der Waals surface area contributed by atoms with Crippen molar-refractivity contribution >= 4 is 17.3 Å². The van der Waals surface area contributed by atoms with E-state index in [-0.39, 0.29) is 11.5 Å². The van der Waals surface area contributed by atoms with Crippen LogP contribution < -0.4 is 16.2 Å². The lowest BCUT2D eigenvalue weighted by Crippen LogP contribution is -2.47. The van der Waals surface area contributed by atoms with Crippen LogP contribution in [0.15, 0.2) is 6.33 Å². The molecule has 1 aliphatic heterocycles. The zero-order chi connectivity index (χ0) is 14.8. The number of hydrazine groups is 1. The minimum absolute atomic E-state index is 0.0722. The molecule has 1 aliphatic carbocycles. The number of piperidine rings is 1. The average molecular weight is 292 g/mol. The van der Waals surface area contributed by atoms with E-state index in [0.29, 0.717) is 17.8 Å². The van der Waals surface area contributed by atoms with Crippen LogP contribution in [0.3, 0.4) is 0 Å². The van der Waals surface area contributed by atoms with Crippen molar-refractivity contribution in [2.45, 2.75) is 44.6 Å². The maximum atomic E-state index is 11.4. The van der Waals surface area contributed by atoms with Crippen molar-refractivity contribution in [2.75, 3.05) is 16.9 Å². The lowest BCUT2D eigenvalue weighted by molar-refractivity contribution is -0.383. The smallest absolute Gasteiger partial charge is 0.347 e. The number of nitrogens with one attached hydrogen (secondary N) is 1. The van der Waals surface area contributed by atoms with Gasteiger partial charge in [0.1, 0.15) is 6.33 Å². The molecule has 114 valence electrons. The molecule has 0 bridgehead atoms. The lowest BCUT2D eigenvalue weighted by atomic mass is 9.78. The monoisotopic (exact) mass is 292 g/mol. The van der Waals surface area contributed by atoms with Gasteiger partial charge in [0.05, 0.1) is 4.92 Å². The Hall–Kier alpha value is -1.96. The molecule has 8 heteroatoms. The van der Waals surface area contributed by atoms with Crippen LogP contribution in [0.1, 0.15) is 38.5 Å². The van der Waals surface area contributed by atoms with Crippen molar-refractivity contribution in [1.82, 2.24) is 9.97 Å². The summed E-state index contributed by atoms with van der Waals surface area (Å²) in [7, 11) is 0. The molecule has 1 aromatic rings. The molecule has 0 amide bonds. The molecule has 2 atom stereocenters. The lowest BCUT2D eigenvalue weighted by Gasteiger charge is -2.44. The Morgan fingerprint density at radius 2 is 2.05 bits per heavy atom. The Morgan fingerprint density at radius 3 is 2.81 bits per heavy atom. The second-order valence-corrected chi connectivity index (χ2v) is 5.74. The highest BCUT2D eigenvalue weighted by Gasteiger charge is 2.37. The minimum Gasteiger partial charge on any atom is -0.347 e. The number of nitrogens with two attached hydrogens (primary N) is 1. The summed E-state index contributed by atoms with van der Waals surface area (Å²) in [4.78, 5) is 21.1. The van der Waals surface area contributed by atoms with E-state index in [9.17, 15) is 10.1 Å². The average Bonchev–Trinajstić information content (AvgIpc) is 2.53. The number of nitrogens with zero attached hydrogens (tertiary/aromatic N) is 4. The fourth-order valence-corrected chi connectivity index (χ4v) is 3.74. The number of anilines is 2. The van der Waals surface area contributed by atoms with Gasteiger partial charge in [-0.2, -0.15) is 0 Å². The topological polar surface area (TPSA) is 110 Å². The zero-order valence-electron chi connectivity index (χ0n) is 11.9. The molecule has 2 unspecified atom stereocenters. The standard InChI is InChI=1S/C13H20N6O2/c14-17-12-11(19(20)21)13(16-8-15-12)18-7-3-5-9-4-1-2-6-10(9)18/h8-10H,1-7,14H2,(H,15,16,17). The Labute approximate surface area is 122 Å². The van der Waals surface area contributed by atoms with Crippen LogP contribution in [0.4, 0.5) is 17.3 Å². The van der Waals surface area contributed by atoms with Crippen LogP contribution >= 0.6 is 0 Å². The molecule has 8 nitrogen and oxygen atoms in total. The Balaban J connectivity index is 2.00. The van der Waals surface area contributed by atoms with Gasteiger partial charge >= 0.3 is 5.69 Å². The van der Waals surface area contributed by atoms with Crippen LogP contribution in [0.2, 0.25) is 0 Å². The van der Waals surface area contributed by atoms with E-state index in [1.807, 2.05) is 0 Å². The molecule has 1 saturated carbocycles. The Morgan fingerprint density at radius 1 is 1.29 bits per heavy atom. The maximum absolute atomic E-state index is 11.4. The Bertz CT molecular complexity index is 535. The first kappa shape index (κ1) is 14.0. The normalized spacial score (nSPS) is 25.3. The van der Waals surface area contributed by atoms with E-state index in [2.05, 4.69) is 20.3 Å². The number of hydrogen-bond acceptors (Lipinski definition) is 7. The summed E-state index contributed by atoms with van der Waals surface area (Å²) < 4.78 is 0. The molecule has 3 rings (SSSR count). The molecule has 2 fully saturated rings. The predicted octanol–water partition coefficient (Wildman–Crippen LogP) is 1.83. The van der Waals surface area contributed by atoms with E-state index in [0.717, 1.165) is 19.4 Å². The first-order chi connectivity index (χ1) is 10.2. The summed E-state index contributed by atoms with van der Waals surface area (Å²) in [6.07, 6.45) is 8.33. The second kappa shape index (κ2) is 5.80.